The quantitative estimate of drug-likeness (QED) is 0.591. The van der Waals surface area contributed by atoms with Gasteiger partial charge in [0.25, 0.3) is 0 Å². The number of methoxy groups -OCH3 is 1. The van der Waals surface area contributed by atoms with Crippen LogP contribution in [0.1, 0.15) is 40.0 Å². The van der Waals surface area contributed by atoms with Crippen LogP contribution < -0.4 is 9.46 Å². The molecule has 1 aromatic rings. The van der Waals surface area contributed by atoms with Gasteiger partial charge in [0.05, 0.1) is 24.5 Å². The largest absolute Gasteiger partial charge is 0.497 e. The summed E-state index contributed by atoms with van der Waals surface area (Å²) in [5, 5.41) is 0. The van der Waals surface area contributed by atoms with Crippen LogP contribution in [-0.2, 0) is 24.3 Å². The van der Waals surface area contributed by atoms with Gasteiger partial charge in [-0.15, -0.1) is 0 Å². The maximum Gasteiger partial charge on any atom is 0.309 e. The van der Waals surface area contributed by atoms with E-state index in [9.17, 15) is 18.0 Å². The first-order chi connectivity index (χ1) is 14.2. The fourth-order valence-corrected chi connectivity index (χ4v) is 4.76. The van der Waals surface area contributed by atoms with Crippen LogP contribution in [0.2, 0.25) is 0 Å². The number of nitrogens with one attached hydrogen (secondary N) is 1. The van der Waals surface area contributed by atoms with Gasteiger partial charge in [0, 0.05) is 25.6 Å². The Kier molecular flexibility index (Phi) is 8.66. The fourth-order valence-electron chi connectivity index (χ4n) is 3.38. The van der Waals surface area contributed by atoms with Gasteiger partial charge in [-0.2, -0.15) is 0 Å². The van der Waals surface area contributed by atoms with Crippen molar-refractivity contribution in [1.29, 1.82) is 0 Å². The second kappa shape index (κ2) is 10.8. The van der Waals surface area contributed by atoms with Crippen LogP contribution in [0.4, 0.5) is 0 Å². The van der Waals surface area contributed by atoms with E-state index in [0.717, 1.165) is 0 Å². The average Bonchev–Trinajstić information content (AvgIpc) is 2.73. The molecular weight excluding hydrogens is 408 g/mol. The van der Waals surface area contributed by atoms with Crippen molar-refractivity contribution >= 4 is 21.9 Å². The van der Waals surface area contributed by atoms with Gasteiger partial charge < -0.3 is 14.4 Å². The van der Waals surface area contributed by atoms with Crippen LogP contribution in [0.25, 0.3) is 0 Å². The predicted octanol–water partition coefficient (Wildman–Crippen LogP) is 2.19. The summed E-state index contributed by atoms with van der Waals surface area (Å²) in [6.45, 7) is 6.82. The summed E-state index contributed by atoms with van der Waals surface area (Å²) in [6.07, 6.45) is 1.19. The molecule has 1 saturated heterocycles. The lowest BCUT2D eigenvalue weighted by Gasteiger charge is -2.32. The smallest absolute Gasteiger partial charge is 0.309 e. The summed E-state index contributed by atoms with van der Waals surface area (Å²) in [6, 6.07) is 5.57. The molecule has 0 unspecified atom stereocenters. The van der Waals surface area contributed by atoms with Crippen molar-refractivity contribution in [2.24, 2.45) is 11.8 Å². The van der Waals surface area contributed by atoms with Crippen molar-refractivity contribution in [2.75, 3.05) is 26.8 Å². The minimum absolute atomic E-state index is 0.0666. The number of benzene rings is 1. The SMILES string of the molecule is CCOC(=O)C1CCN(C(=O)C[C@H](NS(=O)(=O)c2ccc(OC)cc2)C(C)C)CC1. The van der Waals surface area contributed by atoms with Gasteiger partial charge in [-0.3, -0.25) is 9.59 Å². The highest BCUT2D eigenvalue weighted by Crippen LogP contribution is 2.21. The average molecular weight is 441 g/mol. The normalized spacial score (nSPS) is 16.4. The van der Waals surface area contributed by atoms with Gasteiger partial charge >= 0.3 is 5.97 Å². The number of piperidine rings is 1. The van der Waals surface area contributed by atoms with Gasteiger partial charge in [0.15, 0.2) is 0 Å². The summed E-state index contributed by atoms with van der Waals surface area (Å²) >= 11 is 0. The van der Waals surface area contributed by atoms with E-state index in [1.54, 1.807) is 24.0 Å². The summed E-state index contributed by atoms with van der Waals surface area (Å²) in [5.74, 6) is -0.0105. The molecule has 8 nitrogen and oxygen atoms in total. The molecule has 1 heterocycles. The number of rotatable bonds is 9. The Morgan fingerprint density at radius 1 is 1.17 bits per heavy atom. The molecule has 1 aliphatic heterocycles. The van der Waals surface area contributed by atoms with Crippen LogP contribution in [0.3, 0.4) is 0 Å². The first kappa shape index (κ1) is 24.1. The van der Waals surface area contributed by atoms with Crippen molar-refractivity contribution in [3.8, 4) is 5.75 Å². The number of likely N-dealkylation sites (tertiary alicyclic amines) is 1. The fraction of sp³-hybridized carbons (Fsp3) is 0.619. The first-order valence-electron chi connectivity index (χ1n) is 10.3. The van der Waals surface area contributed by atoms with E-state index in [4.69, 9.17) is 9.47 Å². The van der Waals surface area contributed by atoms with Crippen LogP contribution in [0.5, 0.6) is 5.75 Å². The number of ether oxygens (including phenoxy) is 2. The Morgan fingerprint density at radius 3 is 2.27 bits per heavy atom. The third-order valence-electron chi connectivity index (χ3n) is 5.34. The van der Waals surface area contributed by atoms with Gasteiger partial charge in [0.1, 0.15) is 5.75 Å². The Hall–Kier alpha value is -2.13. The number of carbonyl (C=O) groups excluding carboxylic acids is 2. The zero-order valence-corrected chi connectivity index (χ0v) is 18.9. The lowest BCUT2D eigenvalue weighted by atomic mass is 9.95. The summed E-state index contributed by atoms with van der Waals surface area (Å²) < 4.78 is 38.3. The molecule has 1 aromatic carbocycles. The number of amides is 1. The second-order valence-corrected chi connectivity index (χ2v) is 9.47. The van der Waals surface area contributed by atoms with E-state index in [1.807, 2.05) is 13.8 Å². The number of sulfonamides is 1. The highest BCUT2D eigenvalue weighted by molar-refractivity contribution is 7.89. The van der Waals surface area contributed by atoms with Crippen LogP contribution in [-0.4, -0.2) is 58.0 Å². The summed E-state index contributed by atoms with van der Waals surface area (Å²) in [4.78, 5) is 26.5. The van der Waals surface area contributed by atoms with Gasteiger partial charge in [-0.1, -0.05) is 13.8 Å². The van der Waals surface area contributed by atoms with Crippen LogP contribution in [0, 0.1) is 11.8 Å². The maximum atomic E-state index is 12.8. The minimum atomic E-state index is -3.77. The molecule has 1 N–H and O–H groups in total. The number of hydrogen-bond acceptors (Lipinski definition) is 6. The molecule has 0 spiro atoms. The molecule has 0 aliphatic carbocycles. The molecule has 1 aliphatic rings. The molecule has 30 heavy (non-hydrogen) atoms. The van der Waals surface area contributed by atoms with Crippen molar-refractivity contribution in [3.05, 3.63) is 24.3 Å². The van der Waals surface area contributed by atoms with Crippen molar-refractivity contribution in [3.63, 3.8) is 0 Å². The third-order valence-corrected chi connectivity index (χ3v) is 6.85. The molecule has 1 amide bonds. The number of nitrogens with zero attached hydrogens (tertiary/aromatic N) is 1. The lowest BCUT2D eigenvalue weighted by Crippen LogP contribution is -2.46. The Balaban J connectivity index is 1.98. The van der Waals surface area contributed by atoms with E-state index in [0.29, 0.717) is 38.3 Å². The van der Waals surface area contributed by atoms with Crippen molar-refractivity contribution < 1.29 is 27.5 Å². The predicted molar refractivity (Wildman–Crippen MR) is 112 cm³/mol. The molecule has 1 atom stereocenters. The molecule has 0 radical (unpaired) electrons. The van der Waals surface area contributed by atoms with E-state index in [-0.39, 0.29) is 35.0 Å². The molecular formula is C21H32N2O6S. The number of esters is 1. The standard InChI is InChI=1S/C21H32N2O6S/c1-5-29-21(25)16-10-12-23(13-11-16)20(24)14-19(15(2)3)22-30(26,27)18-8-6-17(28-4)7-9-18/h6-9,15-16,19,22H,5,10-14H2,1-4H3/t19-/m0/s1. The van der Waals surface area contributed by atoms with Gasteiger partial charge in [0.2, 0.25) is 15.9 Å². The Labute approximate surface area is 179 Å². The summed E-state index contributed by atoms with van der Waals surface area (Å²) in [7, 11) is -2.26. The van der Waals surface area contributed by atoms with E-state index >= 15 is 0 Å². The zero-order chi connectivity index (χ0) is 22.3. The highest BCUT2D eigenvalue weighted by atomic mass is 32.2. The molecule has 9 heteroatoms. The highest BCUT2D eigenvalue weighted by Gasteiger charge is 2.31. The number of carbonyl (C=O) groups is 2. The van der Waals surface area contributed by atoms with E-state index in [2.05, 4.69) is 4.72 Å². The molecule has 168 valence electrons. The minimum Gasteiger partial charge on any atom is -0.497 e. The van der Waals surface area contributed by atoms with Crippen LogP contribution in [0.15, 0.2) is 29.2 Å². The molecule has 1 fully saturated rings. The Bertz CT molecular complexity index is 814. The first-order valence-corrected chi connectivity index (χ1v) is 11.8. The van der Waals surface area contributed by atoms with Gasteiger partial charge in [-0.05, 0) is 49.9 Å². The topological polar surface area (TPSA) is 102 Å². The number of hydrogen-bond donors (Lipinski definition) is 1. The third kappa shape index (κ3) is 6.43. The Morgan fingerprint density at radius 2 is 1.77 bits per heavy atom. The molecule has 0 saturated carbocycles. The van der Waals surface area contributed by atoms with Crippen LogP contribution >= 0.6 is 0 Å². The molecule has 2 rings (SSSR count). The zero-order valence-electron chi connectivity index (χ0n) is 18.1. The van der Waals surface area contributed by atoms with Crippen molar-refractivity contribution in [1.82, 2.24) is 9.62 Å². The maximum absolute atomic E-state index is 12.8. The van der Waals surface area contributed by atoms with E-state index in [1.165, 1.54) is 19.2 Å². The van der Waals surface area contributed by atoms with Crippen molar-refractivity contribution in [2.45, 2.75) is 51.0 Å². The van der Waals surface area contributed by atoms with E-state index < -0.39 is 16.1 Å². The monoisotopic (exact) mass is 440 g/mol. The second-order valence-electron chi connectivity index (χ2n) is 7.76. The van der Waals surface area contributed by atoms with Gasteiger partial charge in [-0.25, -0.2) is 13.1 Å². The summed E-state index contributed by atoms with van der Waals surface area (Å²) in [5.41, 5.74) is 0. The lowest BCUT2D eigenvalue weighted by molar-refractivity contribution is -0.151. The molecule has 0 aromatic heterocycles. The molecule has 0 bridgehead atoms.